The van der Waals surface area contributed by atoms with Gasteiger partial charge in [0.1, 0.15) is 30.7 Å². The van der Waals surface area contributed by atoms with Gasteiger partial charge in [0.05, 0.1) is 25.4 Å². The SMILES string of the molecule is CC/C=C\C/C=C\C/C=C\C/C=C\C/C=C\CCCCCC(=O)OC[C@H](COP(=O)(O)OP(=O)(O)OC[C@H]1O[C@@H](n2ccc(N)nc2=O)[C@H](O)[C@@H]1O)OC(=O)CC/C=C\C/C=C\C[C@@H](O)/C=C/C=C\C=C\[C@@H](O)C/C=C\CC. The van der Waals surface area contributed by atoms with Crippen molar-refractivity contribution in [3.05, 3.63) is 156 Å². The lowest BCUT2D eigenvalue weighted by atomic mass is 10.1. The molecule has 1 aromatic heterocycles. The summed E-state index contributed by atoms with van der Waals surface area (Å²) < 4.78 is 56.6. The second kappa shape index (κ2) is 41.8. The molecule has 1 aliphatic rings. The van der Waals surface area contributed by atoms with Crippen LogP contribution in [0.4, 0.5) is 5.82 Å². The second-order valence-corrected chi connectivity index (χ2v) is 20.7. The maximum Gasteiger partial charge on any atom is 0.481 e. The van der Waals surface area contributed by atoms with Gasteiger partial charge in [-0.3, -0.25) is 23.2 Å². The summed E-state index contributed by atoms with van der Waals surface area (Å²) in [6.45, 7) is 1.63. The molecule has 0 bridgehead atoms. The predicted octanol–water partition coefficient (Wildman–Crippen LogP) is 9.27. The fraction of sp³-hybridized carbons (Fsp3) is 0.500. The van der Waals surface area contributed by atoms with Crippen LogP contribution in [0.3, 0.4) is 0 Å². The van der Waals surface area contributed by atoms with E-state index in [-0.39, 0.29) is 25.1 Å². The average molecular weight is 1130 g/mol. The Morgan fingerprint density at radius 1 is 0.679 bits per heavy atom. The van der Waals surface area contributed by atoms with E-state index in [1.54, 1.807) is 48.6 Å². The highest BCUT2D eigenvalue weighted by Crippen LogP contribution is 2.60. The third-order valence-electron chi connectivity index (χ3n) is 10.9. The number of esters is 2. The van der Waals surface area contributed by atoms with Gasteiger partial charge in [0.25, 0.3) is 0 Å². The first-order chi connectivity index (χ1) is 37.5. The molecule has 2 rings (SSSR count). The number of ether oxygens (including phenoxy) is 3. The van der Waals surface area contributed by atoms with Gasteiger partial charge in [-0.25, -0.2) is 13.9 Å². The van der Waals surface area contributed by atoms with E-state index in [1.807, 2.05) is 31.2 Å². The number of hydrogen-bond acceptors (Lipinski definition) is 17. The summed E-state index contributed by atoms with van der Waals surface area (Å²) in [6, 6.07) is 1.23. The van der Waals surface area contributed by atoms with Crippen LogP contribution in [0.15, 0.2) is 151 Å². The maximum absolute atomic E-state index is 12.9. The molecule has 434 valence electrons. The van der Waals surface area contributed by atoms with E-state index in [4.69, 9.17) is 29.0 Å². The number of hydrogen-bond donors (Lipinski definition) is 7. The fourth-order valence-electron chi connectivity index (χ4n) is 6.83. The molecule has 1 saturated heterocycles. The Labute approximate surface area is 459 Å². The normalized spacial score (nSPS) is 20.4. The number of carbonyl (C=O) groups excluding carboxylic acids is 2. The number of phosphoric acid groups is 2. The van der Waals surface area contributed by atoms with Crippen LogP contribution in [0, 0.1) is 0 Å². The van der Waals surface area contributed by atoms with Crippen molar-refractivity contribution >= 4 is 33.4 Å². The zero-order chi connectivity index (χ0) is 57.3. The maximum atomic E-state index is 12.9. The molecule has 78 heavy (non-hydrogen) atoms. The van der Waals surface area contributed by atoms with E-state index in [9.17, 15) is 53.7 Å². The molecule has 0 aromatic carbocycles. The van der Waals surface area contributed by atoms with Crippen LogP contribution in [0.5, 0.6) is 0 Å². The summed E-state index contributed by atoms with van der Waals surface area (Å²) in [5.74, 6) is -1.53. The smallest absolute Gasteiger partial charge is 0.462 e. The Morgan fingerprint density at radius 2 is 1.21 bits per heavy atom. The lowest BCUT2D eigenvalue weighted by Crippen LogP contribution is -2.36. The van der Waals surface area contributed by atoms with Gasteiger partial charge in [-0.1, -0.05) is 154 Å². The third-order valence-corrected chi connectivity index (χ3v) is 13.5. The lowest BCUT2D eigenvalue weighted by Gasteiger charge is -2.21. The quantitative estimate of drug-likeness (QED) is 0.0106. The predicted molar refractivity (Wildman–Crippen MR) is 300 cm³/mol. The minimum Gasteiger partial charge on any atom is -0.462 e. The zero-order valence-corrected chi connectivity index (χ0v) is 46.7. The monoisotopic (exact) mass is 1130 g/mol. The number of phosphoric ester groups is 2. The molecule has 2 unspecified atom stereocenters. The largest absolute Gasteiger partial charge is 0.481 e. The number of aliphatic hydroxyl groups excluding tert-OH is 4. The van der Waals surface area contributed by atoms with Crippen LogP contribution in [-0.2, 0) is 46.3 Å². The molecule has 1 fully saturated rings. The molecule has 1 aromatic rings. The number of nitrogens with zero attached hydrogens (tertiary/aromatic N) is 2. The molecule has 20 nitrogen and oxygen atoms in total. The molecule has 0 spiro atoms. The summed E-state index contributed by atoms with van der Waals surface area (Å²) in [4.78, 5) is 62.0. The highest BCUT2D eigenvalue weighted by atomic mass is 31.3. The molecule has 0 saturated carbocycles. The molecule has 9 atom stereocenters. The molecule has 1 aliphatic heterocycles. The van der Waals surface area contributed by atoms with E-state index >= 15 is 0 Å². The van der Waals surface area contributed by atoms with Crippen LogP contribution in [0.1, 0.15) is 123 Å². The Bertz CT molecular complexity index is 2370. The minimum absolute atomic E-state index is 0.0406. The Hall–Kier alpha value is -5.18. The Kier molecular flexibility index (Phi) is 36.9. The van der Waals surface area contributed by atoms with E-state index in [1.165, 1.54) is 6.07 Å². The van der Waals surface area contributed by atoms with Crippen molar-refractivity contribution in [2.45, 2.75) is 159 Å². The van der Waals surface area contributed by atoms with Crippen molar-refractivity contribution in [3.8, 4) is 0 Å². The molecular weight excluding hydrogens is 1050 g/mol. The first kappa shape index (κ1) is 68.9. The fourth-order valence-corrected chi connectivity index (χ4v) is 8.94. The van der Waals surface area contributed by atoms with Gasteiger partial charge < -0.3 is 50.2 Å². The number of carbonyl (C=O) groups is 2. The topological polar surface area (TPSA) is 306 Å². The van der Waals surface area contributed by atoms with Crippen LogP contribution in [0.25, 0.3) is 0 Å². The third kappa shape index (κ3) is 34.0. The van der Waals surface area contributed by atoms with Crippen molar-refractivity contribution in [2.75, 3.05) is 25.6 Å². The molecule has 0 aliphatic carbocycles. The highest BCUT2D eigenvalue weighted by molar-refractivity contribution is 7.61. The molecular formula is C56H83N3O17P2. The van der Waals surface area contributed by atoms with E-state index < -0.39 is 95.9 Å². The molecule has 8 N–H and O–H groups in total. The van der Waals surface area contributed by atoms with Crippen LogP contribution < -0.4 is 11.4 Å². The summed E-state index contributed by atoms with van der Waals surface area (Å²) in [6.07, 6.45) is 44.5. The number of nitrogens with two attached hydrogens (primary N) is 1. The standard InChI is InChI=1S/C56H83N3O17P2/c1-3-5-7-8-9-10-11-12-13-14-15-16-17-18-19-20-21-25-33-39-51(62)71-43-48(74-52(63)40-34-26-23-22-24-30-36-47(61)38-32-28-27-31-37-46(60)35-29-6-4-2)44-72-77(67,68)76-78(69,70)73-45-49-53(64)54(65)55(75-49)59-42-41-50(57)58-56(59)66/h5-7,9-10,12-13,15-16,18-19,23-24,26-32,37-38,41-42,46-49,53-55,60-61,64-65H,3-4,8,11,14,17,20-22,25,33-36,39-40,43-45H2,1-2H3,(H,67,68)(H,69,70)(H2,57,58,66)/b7-5-,10-9-,13-12-,16-15-,19-18-,26-23-,28-27-,29-6-,30-24-,37-31+,38-32+/t46-,47+,48+,49+,53+,54+,55+/m0/s1. The van der Waals surface area contributed by atoms with Crippen molar-refractivity contribution in [2.24, 2.45) is 0 Å². The number of allylic oxidation sites excluding steroid dienone is 18. The first-order valence-corrected chi connectivity index (χ1v) is 29.4. The average Bonchev–Trinajstić information content (AvgIpc) is 3.67. The second-order valence-electron chi connectivity index (χ2n) is 17.7. The van der Waals surface area contributed by atoms with Gasteiger partial charge >= 0.3 is 33.3 Å². The van der Waals surface area contributed by atoms with Crippen molar-refractivity contribution in [1.82, 2.24) is 9.55 Å². The zero-order valence-electron chi connectivity index (χ0n) is 44.9. The Morgan fingerprint density at radius 3 is 1.79 bits per heavy atom. The van der Waals surface area contributed by atoms with Crippen LogP contribution in [-0.4, -0.2) is 108 Å². The van der Waals surface area contributed by atoms with E-state index in [0.29, 0.717) is 25.7 Å². The van der Waals surface area contributed by atoms with Gasteiger partial charge in [0.15, 0.2) is 12.3 Å². The Balaban J connectivity index is 1.87. The molecule has 2 heterocycles. The van der Waals surface area contributed by atoms with Gasteiger partial charge in [-0.15, -0.1) is 0 Å². The number of anilines is 1. The molecule has 0 amide bonds. The summed E-state index contributed by atoms with van der Waals surface area (Å²) in [5.41, 5.74) is 4.56. The number of rotatable bonds is 41. The lowest BCUT2D eigenvalue weighted by molar-refractivity contribution is -0.161. The summed E-state index contributed by atoms with van der Waals surface area (Å²) in [5, 5.41) is 41.0. The highest BCUT2D eigenvalue weighted by Gasteiger charge is 2.46. The molecule has 22 heteroatoms. The number of aliphatic hydroxyl groups is 4. The van der Waals surface area contributed by atoms with Gasteiger partial charge in [0.2, 0.25) is 0 Å². The van der Waals surface area contributed by atoms with Gasteiger partial charge in [-0.05, 0) is 89.5 Å². The first-order valence-electron chi connectivity index (χ1n) is 26.4. The molecule has 0 radical (unpaired) electrons. The van der Waals surface area contributed by atoms with Crippen molar-refractivity contribution in [3.63, 3.8) is 0 Å². The van der Waals surface area contributed by atoms with Crippen LogP contribution in [0.2, 0.25) is 0 Å². The van der Waals surface area contributed by atoms with Crippen molar-refractivity contribution < 1.29 is 76.5 Å². The number of nitrogen functional groups attached to an aromatic ring is 1. The van der Waals surface area contributed by atoms with Gasteiger partial charge in [-0.2, -0.15) is 9.29 Å². The minimum atomic E-state index is -5.49. The van der Waals surface area contributed by atoms with E-state index in [2.05, 4.69) is 77.0 Å². The number of aromatic nitrogens is 2. The summed E-state index contributed by atoms with van der Waals surface area (Å²) in [7, 11) is -11.0. The number of unbranched alkanes of at least 4 members (excludes halogenated alkanes) is 3. The van der Waals surface area contributed by atoms with E-state index in [0.717, 1.165) is 68.6 Å². The van der Waals surface area contributed by atoms with Gasteiger partial charge in [0, 0.05) is 19.0 Å². The van der Waals surface area contributed by atoms with Crippen LogP contribution >= 0.6 is 15.6 Å². The van der Waals surface area contributed by atoms with Crippen molar-refractivity contribution in [1.29, 1.82) is 0 Å². The summed E-state index contributed by atoms with van der Waals surface area (Å²) >= 11 is 0.